The summed E-state index contributed by atoms with van der Waals surface area (Å²) in [6.45, 7) is 5.04. The van der Waals surface area contributed by atoms with Crippen LogP contribution in [-0.2, 0) is 23.1 Å². The standard InChI is InChI=1S/C17H23N3O3S/c1-12(2)15-16(24-13-7-5-4-6-8-13)20(3)14(19-15)11-22-9-10-23-17(18)21/h4-8,12H,9-11H2,1-3H3,(H2,18,21). The number of carbonyl (C=O) groups excluding carboxylic acids is 1. The van der Waals surface area contributed by atoms with Gasteiger partial charge >= 0.3 is 6.09 Å². The molecule has 0 aliphatic carbocycles. The molecule has 1 aromatic carbocycles. The lowest BCUT2D eigenvalue weighted by Crippen LogP contribution is -2.16. The smallest absolute Gasteiger partial charge is 0.404 e. The van der Waals surface area contributed by atoms with Crippen molar-refractivity contribution in [1.82, 2.24) is 9.55 Å². The molecule has 1 aromatic heterocycles. The van der Waals surface area contributed by atoms with E-state index in [4.69, 9.17) is 15.5 Å². The maximum absolute atomic E-state index is 10.5. The van der Waals surface area contributed by atoms with E-state index in [1.54, 1.807) is 11.8 Å². The first-order valence-electron chi connectivity index (χ1n) is 7.77. The average molecular weight is 349 g/mol. The highest BCUT2D eigenvalue weighted by atomic mass is 32.2. The van der Waals surface area contributed by atoms with Crippen LogP contribution in [0.3, 0.4) is 0 Å². The van der Waals surface area contributed by atoms with Crippen LogP contribution in [-0.4, -0.2) is 28.9 Å². The van der Waals surface area contributed by atoms with Gasteiger partial charge in [0.15, 0.2) is 0 Å². The average Bonchev–Trinajstić information content (AvgIpc) is 2.85. The zero-order chi connectivity index (χ0) is 17.5. The third kappa shape index (κ3) is 5.01. The second kappa shape index (κ2) is 8.75. The van der Waals surface area contributed by atoms with E-state index in [9.17, 15) is 4.79 Å². The summed E-state index contributed by atoms with van der Waals surface area (Å²) in [5.74, 6) is 1.16. The van der Waals surface area contributed by atoms with Crippen molar-refractivity contribution in [2.45, 2.75) is 36.3 Å². The minimum Gasteiger partial charge on any atom is -0.447 e. The van der Waals surface area contributed by atoms with Gasteiger partial charge in [-0.05, 0) is 18.1 Å². The molecular formula is C17H23N3O3S. The van der Waals surface area contributed by atoms with Crippen molar-refractivity contribution in [2.24, 2.45) is 12.8 Å². The van der Waals surface area contributed by atoms with Crippen LogP contribution < -0.4 is 5.73 Å². The Labute approximate surface area is 146 Å². The van der Waals surface area contributed by atoms with E-state index in [-0.39, 0.29) is 13.2 Å². The predicted octanol–water partition coefficient (Wildman–Crippen LogP) is 3.31. The highest BCUT2D eigenvalue weighted by molar-refractivity contribution is 7.99. The third-order valence-corrected chi connectivity index (χ3v) is 4.55. The Morgan fingerprint density at radius 1 is 1.29 bits per heavy atom. The number of amides is 1. The molecule has 2 rings (SSSR count). The normalized spacial score (nSPS) is 11.0. The molecule has 0 atom stereocenters. The lowest BCUT2D eigenvalue weighted by atomic mass is 10.2. The first kappa shape index (κ1) is 18.4. The van der Waals surface area contributed by atoms with Crippen LogP contribution >= 0.6 is 11.8 Å². The molecule has 0 aliphatic rings. The number of hydrogen-bond acceptors (Lipinski definition) is 5. The van der Waals surface area contributed by atoms with Crippen LogP contribution in [0.2, 0.25) is 0 Å². The fourth-order valence-corrected chi connectivity index (χ4v) is 3.29. The summed E-state index contributed by atoms with van der Waals surface area (Å²) in [5, 5.41) is 1.11. The summed E-state index contributed by atoms with van der Waals surface area (Å²) in [4.78, 5) is 16.4. The van der Waals surface area contributed by atoms with Crippen molar-refractivity contribution < 1.29 is 14.3 Å². The van der Waals surface area contributed by atoms with Gasteiger partial charge in [-0.1, -0.05) is 43.8 Å². The molecule has 24 heavy (non-hydrogen) atoms. The van der Waals surface area contributed by atoms with Crippen molar-refractivity contribution in [3.05, 3.63) is 41.9 Å². The first-order chi connectivity index (χ1) is 11.5. The Morgan fingerprint density at radius 3 is 2.62 bits per heavy atom. The lowest BCUT2D eigenvalue weighted by molar-refractivity contribution is 0.0640. The third-order valence-electron chi connectivity index (χ3n) is 3.37. The van der Waals surface area contributed by atoms with Gasteiger partial charge in [-0.15, -0.1) is 0 Å². The number of hydrogen-bond donors (Lipinski definition) is 1. The quantitative estimate of drug-likeness (QED) is 0.740. The molecule has 2 aromatic rings. The van der Waals surface area contributed by atoms with Gasteiger partial charge in [-0.25, -0.2) is 9.78 Å². The molecule has 0 radical (unpaired) electrons. The zero-order valence-electron chi connectivity index (χ0n) is 14.2. The Balaban J connectivity index is 2.07. The van der Waals surface area contributed by atoms with E-state index in [2.05, 4.69) is 35.3 Å². The van der Waals surface area contributed by atoms with Crippen molar-refractivity contribution >= 4 is 17.9 Å². The van der Waals surface area contributed by atoms with E-state index in [1.807, 2.05) is 25.2 Å². The second-order valence-corrected chi connectivity index (χ2v) is 6.63. The predicted molar refractivity (Wildman–Crippen MR) is 93.1 cm³/mol. The van der Waals surface area contributed by atoms with Gasteiger partial charge in [-0.2, -0.15) is 0 Å². The first-order valence-corrected chi connectivity index (χ1v) is 8.59. The van der Waals surface area contributed by atoms with Gasteiger partial charge in [0.05, 0.1) is 12.3 Å². The van der Waals surface area contributed by atoms with Crippen molar-refractivity contribution in [3.63, 3.8) is 0 Å². The molecule has 2 N–H and O–H groups in total. The van der Waals surface area contributed by atoms with Crippen LogP contribution in [0.15, 0.2) is 40.3 Å². The number of rotatable bonds is 8. The minimum absolute atomic E-state index is 0.141. The number of carbonyl (C=O) groups is 1. The summed E-state index contributed by atoms with van der Waals surface area (Å²) in [5.41, 5.74) is 5.96. The van der Waals surface area contributed by atoms with Gasteiger partial charge in [0.25, 0.3) is 0 Å². The van der Waals surface area contributed by atoms with E-state index in [0.717, 1.165) is 16.5 Å². The van der Waals surface area contributed by atoms with Crippen LogP contribution in [0.1, 0.15) is 31.3 Å². The maximum atomic E-state index is 10.5. The molecule has 130 valence electrons. The SMILES string of the molecule is CC(C)c1nc(COCCOC(N)=O)n(C)c1Sc1ccccc1. The number of nitrogens with zero attached hydrogens (tertiary/aromatic N) is 2. The van der Waals surface area contributed by atoms with Gasteiger partial charge in [0.2, 0.25) is 0 Å². The number of ether oxygens (including phenoxy) is 2. The molecule has 0 saturated heterocycles. The van der Waals surface area contributed by atoms with Crippen molar-refractivity contribution in [2.75, 3.05) is 13.2 Å². The second-order valence-electron chi connectivity index (χ2n) is 5.57. The number of aromatic nitrogens is 2. The van der Waals surface area contributed by atoms with Crippen LogP contribution in [0.5, 0.6) is 0 Å². The van der Waals surface area contributed by atoms with Gasteiger partial charge in [-0.3, -0.25) is 0 Å². The van der Waals surface area contributed by atoms with Gasteiger partial charge < -0.3 is 19.8 Å². The Morgan fingerprint density at radius 2 is 2.00 bits per heavy atom. The molecule has 7 heteroatoms. The number of benzene rings is 1. The molecule has 1 amide bonds. The van der Waals surface area contributed by atoms with Crippen molar-refractivity contribution in [1.29, 1.82) is 0 Å². The Kier molecular flexibility index (Phi) is 6.69. The number of imidazole rings is 1. The molecule has 6 nitrogen and oxygen atoms in total. The highest BCUT2D eigenvalue weighted by Gasteiger charge is 2.18. The summed E-state index contributed by atoms with van der Waals surface area (Å²) >= 11 is 1.70. The Bertz CT molecular complexity index is 671. The molecule has 0 spiro atoms. The number of nitrogens with two attached hydrogens (primary N) is 1. The topological polar surface area (TPSA) is 79.4 Å². The summed E-state index contributed by atoms with van der Waals surface area (Å²) in [7, 11) is 1.99. The summed E-state index contributed by atoms with van der Waals surface area (Å²) in [6.07, 6.45) is -0.792. The molecule has 0 aliphatic heterocycles. The van der Waals surface area contributed by atoms with Crippen LogP contribution in [0, 0.1) is 0 Å². The van der Waals surface area contributed by atoms with E-state index in [0.29, 0.717) is 12.5 Å². The largest absolute Gasteiger partial charge is 0.447 e. The lowest BCUT2D eigenvalue weighted by Gasteiger charge is -2.09. The van der Waals surface area contributed by atoms with Gasteiger partial charge in [0.1, 0.15) is 24.1 Å². The summed E-state index contributed by atoms with van der Waals surface area (Å²) < 4.78 is 12.2. The molecule has 0 unspecified atom stereocenters. The highest BCUT2D eigenvalue weighted by Crippen LogP contribution is 2.34. The van der Waals surface area contributed by atoms with E-state index in [1.165, 1.54) is 4.90 Å². The van der Waals surface area contributed by atoms with Crippen LogP contribution in [0.25, 0.3) is 0 Å². The molecule has 0 saturated carbocycles. The van der Waals surface area contributed by atoms with Crippen LogP contribution in [0.4, 0.5) is 4.79 Å². The summed E-state index contributed by atoms with van der Waals surface area (Å²) in [6, 6.07) is 10.2. The maximum Gasteiger partial charge on any atom is 0.404 e. The van der Waals surface area contributed by atoms with E-state index >= 15 is 0 Å². The molecule has 0 fully saturated rings. The van der Waals surface area contributed by atoms with Gasteiger partial charge in [0, 0.05) is 11.9 Å². The van der Waals surface area contributed by atoms with E-state index < -0.39 is 6.09 Å². The fourth-order valence-electron chi connectivity index (χ4n) is 2.14. The van der Waals surface area contributed by atoms with Crippen molar-refractivity contribution in [3.8, 4) is 0 Å². The monoisotopic (exact) mass is 349 g/mol. The minimum atomic E-state index is -0.792. The Hall–Kier alpha value is -1.99. The number of primary amides is 1. The fraction of sp³-hybridized carbons (Fsp3) is 0.412. The molecular weight excluding hydrogens is 326 g/mol. The molecule has 0 bridgehead atoms. The zero-order valence-corrected chi connectivity index (χ0v) is 15.0. The molecule has 1 heterocycles.